The molecule has 0 bridgehead atoms. The Morgan fingerprint density at radius 2 is 2.10 bits per heavy atom. The van der Waals surface area contributed by atoms with Gasteiger partial charge >= 0.3 is 0 Å². The van der Waals surface area contributed by atoms with Gasteiger partial charge in [-0.1, -0.05) is 13.0 Å². The van der Waals surface area contributed by atoms with E-state index in [4.69, 9.17) is 5.41 Å². The fraction of sp³-hybridized carbons (Fsp3) is 0.500. The Balaban J connectivity index is 3.94. The van der Waals surface area contributed by atoms with Crippen molar-refractivity contribution in [1.29, 1.82) is 5.41 Å². The maximum absolute atomic E-state index is 7.04. The van der Waals surface area contributed by atoms with Gasteiger partial charge in [0.25, 0.3) is 0 Å². The summed E-state index contributed by atoms with van der Waals surface area (Å²) in [6, 6.07) is 0. The quantitative estimate of drug-likeness (QED) is 0.449. The highest BCUT2D eigenvalue weighted by Gasteiger charge is 1.82. The molecule has 0 spiro atoms. The van der Waals surface area contributed by atoms with Gasteiger partial charge in [-0.05, 0) is 26.3 Å². The van der Waals surface area contributed by atoms with E-state index in [2.05, 4.69) is 11.9 Å². The molecule has 0 aliphatic carbocycles. The molecule has 1 N–H and O–H groups in total. The molecule has 0 radical (unpaired) electrons. The standard InChI is InChI=1S/C8H14N2/c1-4-5-6-7(2)10-8(3)9/h5-6,9H,4H2,1-3H3/b6-5+,9-8?,10-7?. The topological polar surface area (TPSA) is 36.2 Å². The number of nitrogens with one attached hydrogen (secondary N) is 1. The summed E-state index contributed by atoms with van der Waals surface area (Å²) in [5, 5.41) is 7.04. The third-order valence-electron chi connectivity index (χ3n) is 0.939. The lowest BCUT2D eigenvalue weighted by atomic mass is 10.3. The van der Waals surface area contributed by atoms with E-state index in [0.29, 0.717) is 5.84 Å². The summed E-state index contributed by atoms with van der Waals surface area (Å²) in [4.78, 5) is 3.93. The predicted molar refractivity (Wildman–Crippen MR) is 45.9 cm³/mol. The molecule has 0 amide bonds. The number of nitrogens with zero attached hydrogens (tertiary/aromatic N) is 1. The fourth-order valence-corrected chi connectivity index (χ4v) is 0.590. The fourth-order valence-electron chi connectivity index (χ4n) is 0.590. The molecule has 56 valence electrons. The average molecular weight is 138 g/mol. The summed E-state index contributed by atoms with van der Waals surface area (Å²) in [6.07, 6.45) is 4.98. The van der Waals surface area contributed by atoms with Gasteiger partial charge in [0, 0.05) is 5.71 Å². The summed E-state index contributed by atoms with van der Waals surface area (Å²) in [6.45, 7) is 5.63. The summed E-state index contributed by atoms with van der Waals surface area (Å²) in [5.74, 6) is 0.359. The van der Waals surface area contributed by atoms with Crippen molar-refractivity contribution in [2.24, 2.45) is 4.99 Å². The number of hydrogen-bond acceptors (Lipinski definition) is 1. The lowest BCUT2D eigenvalue weighted by Gasteiger charge is -1.88. The van der Waals surface area contributed by atoms with E-state index < -0.39 is 0 Å². The molecule has 2 nitrogen and oxygen atoms in total. The maximum Gasteiger partial charge on any atom is 0.117 e. The minimum atomic E-state index is 0.359. The average Bonchev–Trinajstić information content (AvgIpc) is 1.82. The Morgan fingerprint density at radius 3 is 2.50 bits per heavy atom. The molecule has 0 aliphatic rings. The van der Waals surface area contributed by atoms with Crippen molar-refractivity contribution in [3.8, 4) is 0 Å². The number of hydrogen-bond donors (Lipinski definition) is 1. The number of rotatable bonds is 2. The van der Waals surface area contributed by atoms with Crippen molar-refractivity contribution >= 4 is 11.5 Å². The Morgan fingerprint density at radius 1 is 1.50 bits per heavy atom. The highest BCUT2D eigenvalue weighted by molar-refractivity contribution is 6.00. The van der Waals surface area contributed by atoms with Gasteiger partial charge in [-0.2, -0.15) is 0 Å². The molecule has 0 fully saturated rings. The first-order valence-corrected chi connectivity index (χ1v) is 3.43. The van der Waals surface area contributed by atoms with E-state index in [-0.39, 0.29) is 0 Å². The summed E-state index contributed by atoms with van der Waals surface area (Å²) in [7, 11) is 0. The Kier molecular flexibility index (Phi) is 4.46. The molecule has 10 heavy (non-hydrogen) atoms. The summed E-state index contributed by atoms with van der Waals surface area (Å²) >= 11 is 0. The Bertz CT molecular complexity index is 166. The van der Waals surface area contributed by atoms with E-state index in [0.717, 1.165) is 12.1 Å². The van der Waals surface area contributed by atoms with Crippen LogP contribution in [0.4, 0.5) is 0 Å². The molecule has 0 heterocycles. The van der Waals surface area contributed by atoms with Gasteiger partial charge in [-0.3, -0.25) is 5.41 Å². The van der Waals surface area contributed by atoms with Crippen LogP contribution >= 0.6 is 0 Å². The monoisotopic (exact) mass is 138 g/mol. The number of aliphatic imine (C=N–C) groups is 1. The second-order valence-electron chi connectivity index (χ2n) is 2.15. The highest BCUT2D eigenvalue weighted by Crippen LogP contribution is 1.85. The van der Waals surface area contributed by atoms with E-state index >= 15 is 0 Å². The molecule has 0 aromatic rings. The molecule has 2 heteroatoms. The minimum Gasteiger partial charge on any atom is -0.287 e. The Hall–Kier alpha value is -0.920. The third kappa shape index (κ3) is 5.22. The van der Waals surface area contributed by atoms with Gasteiger partial charge in [0.05, 0.1) is 0 Å². The molecule has 0 aromatic heterocycles. The summed E-state index contributed by atoms with van der Waals surface area (Å²) < 4.78 is 0. The van der Waals surface area contributed by atoms with Crippen molar-refractivity contribution in [2.45, 2.75) is 27.2 Å². The van der Waals surface area contributed by atoms with Crippen LogP contribution in [0.1, 0.15) is 27.2 Å². The number of amidine groups is 1. The molecule has 0 unspecified atom stereocenters. The lowest BCUT2D eigenvalue weighted by Crippen LogP contribution is -1.89. The minimum absolute atomic E-state index is 0.359. The van der Waals surface area contributed by atoms with E-state index in [1.165, 1.54) is 0 Å². The number of allylic oxidation sites excluding steroid dienone is 2. The van der Waals surface area contributed by atoms with Crippen molar-refractivity contribution in [2.75, 3.05) is 0 Å². The van der Waals surface area contributed by atoms with Crippen LogP contribution in [0.25, 0.3) is 0 Å². The first kappa shape index (κ1) is 9.08. The molecule has 0 rings (SSSR count). The van der Waals surface area contributed by atoms with Crippen LogP contribution in [0.5, 0.6) is 0 Å². The van der Waals surface area contributed by atoms with Crippen LogP contribution in [-0.2, 0) is 0 Å². The van der Waals surface area contributed by atoms with Crippen molar-refractivity contribution < 1.29 is 0 Å². The molecule has 0 aromatic carbocycles. The van der Waals surface area contributed by atoms with E-state index in [1.807, 2.05) is 19.1 Å². The maximum atomic E-state index is 7.04. The van der Waals surface area contributed by atoms with Crippen LogP contribution in [0, 0.1) is 5.41 Å². The van der Waals surface area contributed by atoms with E-state index in [1.54, 1.807) is 6.92 Å². The van der Waals surface area contributed by atoms with Crippen molar-refractivity contribution in [3.63, 3.8) is 0 Å². The first-order valence-electron chi connectivity index (χ1n) is 3.43. The predicted octanol–water partition coefficient (Wildman–Crippen LogP) is 2.41. The van der Waals surface area contributed by atoms with Gasteiger partial charge in [0.1, 0.15) is 5.84 Å². The molecule has 0 aliphatic heterocycles. The van der Waals surface area contributed by atoms with E-state index in [9.17, 15) is 0 Å². The van der Waals surface area contributed by atoms with Gasteiger partial charge in [-0.15, -0.1) is 0 Å². The van der Waals surface area contributed by atoms with Gasteiger partial charge < -0.3 is 0 Å². The van der Waals surface area contributed by atoms with Crippen LogP contribution in [0.2, 0.25) is 0 Å². The van der Waals surface area contributed by atoms with Crippen LogP contribution in [0.3, 0.4) is 0 Å². The van der Waals surface area contributed by atoms with Crippen molar-refractivity contribution in [1.82, 2.24) is 0 Å². The molecular formula is C8H14N2. The highest BCUT2D eigenvalue weighted by atomic mass is 14.8. The van der Waals surface area contributed by atoms with Gasteiger partial charge in [0.15, 0.2) is 0 Å². The van der Waals surface area contributed by atoms with Gasteiger partial charge in [-0.25, -0.2) is 4.99 Å². The third-order valence-corrected chi connectivity index (χ3v) is 0.939. The zero-order valence-electron chi connectivity index (χ0n) is 6.81. The first-order chi connectivity index (χ1) is 4.66. The largest absolute Gasteiger partial charge is 0.287 e. The van der Waals surface area contributed by atoms with Gasteiger partial charge in [0.2, 0.25) is 0 Å². The van der Waals surface area contributed by atoms with Crippen LogP contribution < -0.4 is 0 Å². The zero-order chi connectivity index (χ0) is 7.98. The van der Waals surface area contributed by atoms with Crippen LogP contribution in [0.15, 0.2) is 17.1 Å². The molecule has 0 saturated carbocycles. The second-order valence-corrected chi connectivity index (χ2v) is 2.15. The summed E-state index contributed by atoms with van der Waals surface area (Å²) in [5.41, 5.74) is 0.898. The normalized spacial score (nSPS) is 12.5. The molecule has 0 atom stereocenters. The van der Waals surface area contributed by atoms with Crippen molar-refractivity contribution in [3.05, 3.63) is 12.2 Å². The SMILES string of the molecule is CC/C=C/C(C)=NC(C)=N. The Labute approximate surface area is 62.2 Å². The van der Waals surface area contributed by atoms with Crippen LogP contribution in [-0.4, -0.2) is 11.5 Å². The second kappa shape index (κ2) is 4.91. The zero-order valence-corrected chi connectivity index (χ0v) is 6.81. The lowest BCUT2D eigenvalue weighted by molar-refractivity contribution is 1.23. The molecule has 0 saturated heterocycles. The molecular weight excluding hydrogens is 124 g/mol. The smallest absolute Gasteiger partial charge is 0.117 e.